The number of nitrogens with zero attached hydrogens (tertiary/aromatic N) is 2. The van der Waals surface area contributed by atoms with E-state index in [1.54, 1.807) is 18.4 Å². The number of likely N-dealkylation sites (tertiary alicyclic amines) is 1. The molecule has 0 radical (unpaired) electrons. The smallest absolute Gasteiger partial charge is 0.307 e. The zero-order valence-electron chi connectivity index (χ0n) is 12.0. The maximum absolute atomic E-state index is 13.2. The number of aromatic nitrogens is 1. The van der Waals surface area contributed by atoms with Crippen molar-refractivity contribution in [3.63, 3.8) is 0 Å². The highest BCUT2D eigenvalue weighted by Crippen LogP contribution is 2.22. The molecule has 1 aromatic heterocycles. The van der Waals surface area contributed by atoms with Crippen LogP contribution in [0.4, 0.5) is 4.39 Å². The molecule has 0 aliphatic carbocycles. The van der Waals surface area contributed by atoms with Crippen LogP contribution in [0.25, 0.3) is 11.5 Å². The van der Waals surface area contributed by atoms with Crippen LogP contribution in [0.3, 0.4) is 0 Å². The van der Waals surface area contributed by atoms with Gasteiger partial charge in [-0.05, 0) is 37.6 Å². The first-order valence-corrected chi connectivity index (χ1v) is 7.27. The molecule has 1 unspecified atom stereocenters. The zero-order valence-corrected chi connectivity index (χ0v) is 12.0. The fourth-order valence-corrected chi connectivity index (χ4v) is 2.76. The Kier molecular flexibility index (Phi) is 4.20. The van der Waals surface area contributed by atoms with Crippen LogP contribution in [0.15, 0.2) is 34.9 Å². The monoisotopic (exact) mass is 304 g/mol. The summed E-state index contributed by atoms with van der Waals surface area (Å²) in [4.78, 5) is 17.5. The van der Waals surface area contributed by atoms with Crippen LogP contribution < -0.4 is 0 Å². The molecule has 6 heteroatoms. The highest BCUT2D eigenvalue weighted by Gasteiger charge is 2.25. The number of hydrogen-bond donors (Lipinski definition) is 1. The number of hydrogen-bond acceptors (Lipinski definition) is 4. The first-order chi connectivity index (χ1) is 10.6. The van der Waals surface area contributed by atoms with Crippen molar-refractivity contribution in [3.05, 3.63) is 42.0 Å². The van der Waals surface area contributed by atoms with Crippen LogP contribution in [-0.4, -0.2) is 34.0 Å². The molecule has 1 fully saturated rings. The quantitative estimate of drug-likeness (QED) is 0.941. The largest absolute Gasteiger partial charge is 0.481 e. The summed E-state index contributed by atoms with van der Waals surface area (Å²) in [5, 5.41) is 9.10. The Hall–Kier alpha value is -2.21. The summed E-state index contributed by atoms with van der Waals surface area (Å²) in [5.41, 5.74) is 1.32. The molecule has 0 saturated carbocycles. The third-order valence-corrected chi connectivity index (χ3v) is 3.86. The predicted octanol–water partition coefficient (Wildman–Crippen LogP) is 2.78. The molecule has 0 bridgehead atoms. The normalized spacial score (nSPS) is 19.2. The average Bonchev–Trinajstić information content (AvgIpc) is 2.96. The molecule has 2 heterocycles. The average molecular weight is 304 g/mol. The van der Waals surface area contributed by atoms with Gasteiger partial charge >= 0.3 is 5.97 Å². The van der Waals surface area contributed by atoms with Crippen molar-refractivity contribution < 1.29 is 18.7 Å². The molecule has 1 N–H and O–H groups in total. The minimum Gasteiger partial charge on any atom is -0.481 e. The third kappa shape index (κ3) is 3.33. The topological polar surface area (TPSA) is 66.6 Å². The number of carboxylic acids is 1. The van der Waals surface area contributed by atoms with Crippen molar-refractivity contribution in [2.24, 2.45) is 5.92 Å². The number of piperidine rings is 1. The number of carboxylic acid groups (broad SMARTS) is 1. The lowest BCUT2D eigenvalue weighted by Gasteiger charge is -2.29. The summed E-state index contributed by atoms with van der Waals surface area (Å²) >= 11 is 0. The van der Waals surface area contributed by atoms with Crippen molar-refractivity contribution in [2.75, 3.05) is 13.1 Å². The lowest BCUT2D eigenvalue weighted by atomic mass is 9.98. The Morgan fingerprint density at radius 3 is 3.14 bits per heavy atom. The molecule has 1 atom stereocenters. The minimum absolute atomic E-state index is 0.316. The van der Waals surface area contributed by atoms with Gasteiger partial charge in [0.25, 0.3) is 0 Å². The van der Waals surface area contributed by atoms with Gasteiger partial charge in [-0.2, -0.15) is 0 Å². The molecule has 0 amide bonds. The molecule has 1 aliphatic heterocycles. The molecule has 2 aromatic rings. The van der Waals surface area contributed by atoms with Gasteiger partial charge in [-0.15, -0.1) is 0 Å². The molecule has 1 saturated heterocycles. The van der Waals surface area contributed by atoms with E-state index in [0.717, 1.165) is 25.1 Å². The van der Waals surface area contributed by atoms with Crippen LogP contribution in [0.2, 0.25) is 0 Å². The van der Waals surface area contributed by atoms with Gasteiger partial charge in [0.15, 0.2) is 0 Å². The Balaban J connectivity index is 1.68. The molecule has 3 rings (SSSR count). The molecular weight excluding hydrogens is 287 g/mol. The lowest BCUT2D eigenvalue weighted by molar-refractivity contribution is -0.143. The second-order valence-corrected chi connectivity index (χ2v) is 5.57. The summed E-state index contributed by atoms with van der Waals surface area (Å²) in [6, 6.07) is 6.08. The van der Waals surface area contributed by atoms with E-state index in [1.165, 1.54) is 12.1 Å². The molecule has 116 valence electrons. The van der Waals surface area contributed by atoms with Gasteiger partial charge in [0, 0.05) is 18.7 Å². The van der Waals surface area contributed by atoms with Gasteiger partial charge in [0.1, 0.15) is 12.1 Å². The van der Waals surface area contributed by atoms with E-state index in [4.69, 9.17) is 9.52 Å². The number of oxazole rings is 1. The number of benzene rings is 1. The molecular formula is C16H17FN2O3. The lowest BCUT2D eigenvalue weighted by Crippen LogP contribution is -2.38. The fraction of sp³-hybridized carbons (Fsp3) is 0.375. The number of rotatable bonds is 4. The second kappa shape index (κ2) is 6.27. The van der Waals surface area contributed by atoms with Crippen LogP contribution in [0.1, 0.15) is 18.5 Å². The van der Waals surface area contributed by atoms with E-state index in [9.17, 15) is 9.18 Å². The fourth-order valence-electron chi connectivity index (χ4n) is 2.76. The number of aliphatic carboxylic acids is 1. The van der Waals surface area contributed by atoms with E-state index in [-0.39, 0.29) is 11.7 Å². The minimum atomic E-state index is -0.745. The Bertz CT molecular complexity index is 671. The van der Waals surface area contributed by atoms with Gasteiger partial charge in [-0.25, -0.2) is 9.37 Å². The molecule has 1 aromatic carbocycles. The highest BCUT2D eigenvalue weighted by atomic mass is 19.1. The number of halogens is 1. The SMILES string of the molecule is O=C(O)C1CCCN(Cc2coc(-c3cccc(F)c3)n2)C1. The molecule has 0 spiro atoms. The van der Waals surface area contributed by atoms with E-state index in [1.807, 2.05) is 0 Å². The number of carbonyl (C=O) groups is 1. The van der Waals surface area contributed by atoms with E-state index in [0.29, 0.717) is 24.5 Å². The zero-order chi connectivity index (χ0) is 15.5. The van der Waals surface area contributed by atoms with E-state index < -0.39 is 5.97 Å². The standard InChI is InChI=1S/C16H17FN2O3/c17-13-5-1-3-11(7-13)15-18-14(10-22-15)9-19-6-2-4-12(8-19)16(20)21/h1,3,5,7,10,12H,2,4,6,8-9H2,(H,20,21). The van der Waals surface area contributed by atoms with Crippen molar-refractivity contribution in [1.82, 2.24) is 9.88 Å². The van der Waals surface area contributed by atoms with Gasteiger partial charge in [0.2, 0.25) is 5.89 Å². The Labute approximate surface area is 127 Å². The van der Waals surface area contributed by atoms with Crippen LogP contribution in [-0.2, 0) is 11.3 Å². The van der Waals surface area contributed by atoms with Crippen LogP contribution >= 0.6 is 0 Å². The highest BCUT2D eigenvalue weighted by molar-refractivity contribution is 5.70. The first-order valence-electron chi connectivity index (χ1n) is 7.27. The maximum Gasteiger partial charge on any atom is 0.307 e. The summed E-state index contributed by atoms with van der Waals surface area (Å²) in [5.74, 6) is -1.02. The third-order valence-electron chi connectivity index (χ3n) is 3.86. The van der Waals surface area contributed by atoms with Crippen molar-refractivity contribution in [1.29, 1.82) is 0 Å². The van der Waals surface area contributed by atoms with E-state index in [2.05, 4.69) is 9.88 Å². The van der Waals surface area contributed by atoms with Crippen LogP contribution in [0, 0.1) is 11.7 Å². The van der Waals surface area contributed by atoms with Gasteiger partial charge in [-0.3, -0.25) is 9.69 Å². The van der Waals surface area contributed by atoms with Crippen LogP contribution in [0.5, 0.6) is 0 Å². The second-order valence-electron chi connectivity index (χ2n) is 5.57. The van der Waals surface area contributed by atoms with Gasteiger partial charge in [-0.1, -0.05) is 6.07 Å². The summed E-state index contributed by atoms with van der Waals surface area (Å²) in [6.07, 6.45) is 3.13. The van der Waals surface area contributed by atoms with Crippen molar-refractivity contribution >= 4 is 5.97 Å². The molecule has 22 heavy (non-hydrogen) atoms. The Morgan fingerprint density at radius 2 is 2.36 bits per heavy atom. The predicted molar refractivity (Wildman–Crippen MR) is 77.5 cm³/mol. The molecule has 1 aliphatic rings. The van der Waals surface area contributed by atoms with Gasteiger partial charge < -0.3 is 9.52 Å². The maximum atomic E-state index is 13.2. The van der Waals surface area contributed by atoms with E-state index >= 15 is 0 Å². The summed E-state index contributed by atoms with van der Waals surface area (Å²) in [6.45, 7) is 1.92. The van der Waals surface area contributed by atoms with Gasteiger partial charge in [0.05, 0.1) is 11.6 Å². The molecule has 5 nitrogen and oxygen atoms in total. The first kappa shape index (κ1) is 14.7. The van der Waals surface area contributed by atoms with Crippen molar-refractivity contribution in [3.8, 4) is 11.5 Å². The summed E-state index contributed by atoms with van der Waals surface area (Å²) < 4.78 is 18.6. The van der Waals surface area contributed by atoms with Crippen molar-refractivity contribution in [2.45, 2.75) is 19.4 Å². The Morgan fingerprint density at radius 1 is 1.50 bits per heavy atom. The summed E-state index contributed by atoms with van der Waals surface area (Å²) in [7, 11) is 0.